The van der Waals surface area contributed by atoms with Crippen molar-refractivity contribution < 1.29 is 0 Å². The van der Waals surface area contributed by atoms with Gasteiger partial charge in [-0.25, -0.2) is 0 Å². The van der Waals surface area contributed by atoms with E-state index in [0.717, 1.165) is 5.92 Å². The Hall–Kier alpha value is -0.820. The second-order valence-corrected chi connectivity index (χ2v) is 6.06. The maximum atomic E-state index is 3.85. The predicted octanol–water partition coefficient (Wildman–Crippen LogP) is 4.23. The van der Waals surface area contributed by atoms with Crippen LogP contribution in [0.15, 0.2) is 24.3 Å². The molecule has 0 unspecified atom stereocenters. The van der Waals surface area contributed by atoms with Gasteiger partial charge in [0.25, 0.3) is 0 Å². The summed E-state index contributed by atoms with van der Waals surface area (Å²) in [6, 6.07) is 9.63. The van der Waals surface area contributed by atoms with E-state index in [9.17, 15) is 0 Å². The maximum absolute atomic E-state index is 3.85. The normalized spacial score (nSPS) is 24.8. The molecule has 2 aliphatic rings. The van der Waals surface area contributed by atoms with Crippen molar-refractivity contribution in [3.8, 4) is 0 Å². The predicted molar refractivity (Wildman–Crippen MR) is 76.7 cm³/mol. The molecule has 1 aromatic rings. The lowest BCUT2D eigenvalue weighted by atomic mass is 9.86. The first-order chi connectivity index (χ1) is 8.93. The Balaban J connectivity index is 1.60. The first-order valence-corrected chi connectivity index (χ1v) is 7.74. The molecule has 2 aliphatic carbocycles. The number of hydrogen-bond acceptors (Lipinski definition) is 1. The fraction of sp³-hybridized carbons (Fsp3) is 0.647. The second kappa shape index (κ2) is 5.88. The van der Waals surface area contributed by atoms with E-state index < -0.39 is 0 Å². The molecule has 0 spiro atoms. The van der Waals surface area contributed by atoms with Gasteiger partial charge in [-0.05, 0) is 55.7 Å². The molecule has 98 valence electrons. The summed E-state index contributed by atoms with van der Waals surface area (Å²) in [4.78, 5) is 0. The second-order valence-electron chi connectivity index (χ2n) is 6.06. The number of rotatable bonds is 3. The van der Waals surface area contributed by atoms with Crippen molar-refractivity contribution in [3.05, 3.63) is 35.4 Å². The summed E-state index contributed by atoms with van der Waals surface area (Å²) in [5.74, 6) is 0.938. The molecule has 0 aromatic heterocycles. The smallest absolute Gasteiger partial charge is 0.0323 e. The fourth-order valence-electron chi connectivity index (χ4n) is 3.67. The van der Waals surface area contributed by atoms with E-state index >= 15 is 0 Å². The molecule has 1 atom stereocenters. The lowest BCUT2D eigenvalue weighted by Crippen LogP contribution is -2.30. The number of hydrogen-bond donors (Lipinski definition) is 1. The highest BCUT2D eigenvalue weighted by atomic mass is 14.9. The molecule has 1 N–H and O–H groups in total. The average Bonchev–Trinajstić information content (AvgIpc) is 2.46. The zero-order valence-corrected chi connectivity index (χ0v) is 11.3. The van der Waals surface area contributed by atoms with Crippen LogP contribution in [0.2, 0.25) is 0 Å². The highest BCUT2D eigenvalue weighted by Crippen LogP contribution is 2.30. The lowest BCUT2D eigenvalue weighted by molar-refractivity contribution is 0.319. The summed E-state index contributed by atoms with van der Waals surface area (Å²) in [5, 5.41) is 3.85. The number of fused-ring (bicyclic) bond motifs is 1. The Bertz CT molecular complexity index is 379. The van der Waals surface area contributed by atoms with Crippen LogP contribution in [0.3, 0.4) is 0 Å². The summed E-state index contributed by atoms with van der Waals surface area (Å²) in [6.07, 6.45) is 11.2. The minimum Gasteiger partial charge on any atom is -0.310 e. The zero-order chi connectivity index (χ0) is 12.2. The van der Waals surface area contributed by atoms with Crippen molar-refractivity contribution in [3.63, 3.8) is 0 Å². The van der Waals surface area contributed by atoms with Gasteiger partial charge in [-0.15, -0.1) is 0 Å². The summed E-state index contributed by atoms with van der Waals surface area (Å²) in [7, 11) is 0. The Morgan fingerprint density at radius 2 is 1.78 bits per heavy atom. The molecule has 1 saturated carbocycles. The van der Waals surface area contributed by atoms with Crippen LogP contribution in [-0.4, -0.2) is 6.54 Å². The van der Waals surface area contributed by atoms with Crippen LogP contribution in [0.4, 0.5) is 0 Å². The minimum absolute atomic E-state index is 0.622. The van der Waals surface area contributed by atoms with Gasteiger partial charge in [0.05, 0.1) is 0 Å². The lowest BCUT2D eigenvalue weighted by Gasteiger charge is -2.29. The molecular formula is C17H25N. The third-order valence-electron chi connectivity index (χ3n) is 4.75. The van der Waals surface area contributed by atoms with Gasteiger partial charge in [-0.3, -0.25) is 0 Å². The van der Waals surface area contributed by atoms with Gasteiger partial charge in [0, 0.05) is 6.04 Å². The van der Waals surface area contributed by atoms with Crippen LogP contribution in [0.25, 0.3) is 0 Å². The Morgan fingerprint density at radius 1 is 0.944 bits per heavy atom. The molecule has 0 heterocycles. The fourth-order valence-corrected chi connectivity index (χ4v) is 3.67. The van der Waals surface area contributed by atoms with Crippen LogP contribution in [-0.2, 0) is 6.42 Å². The molecule has 0 aliphatic heterocycles. The van der Waals surface area contributed by atoms with E-state index in [1.807, 2.05) is 0 Å². The van der Waals surface area contributed by atoms with Crippen LogP contribution < -0.4 is 5.32 Å². The highest BCUT2D eigenvalue weighted by Gasteiger charge is 2.21. The molecule has 3 rings (SSSR count). The first kappa shape index (κ1) is 12.2. The largest absolute Gasteiger partial charge is 0.310 e. The van der Waals surface area contributed by atoms with Crippen LogP contribution in [0.5, 0.6) is 0 Å². The van der Waals surface area contributed by atoms with Gasteiger partial charge >= 0.3 is 0 Å². The van der Waals surface area contributed by atoms with Gasteiger partial charge in [0.2, 0.25) is 0 Å². The van der Waals surface area contributed by atoms with Gasteiger partial charge in [0.15, 0.2) is 0 Å². The quantitative estimate of drug-likeness (QED) is 0.837. The van der Waals surface area contributed by atoms with Gasteiger partial charge in [0.1, 0.15) is 0 Å². The number of aryl methyl sites for hydroxylation is 1. The Kier molecular flexibility index (Phi) is 3.99. The summed E-state index contributed by atoms with van der Waals surface area (Å²) < 4.78 is 0. The third kappa shape index (κ3) is 2.77. The van der Waals surface area contributed by atoms with Gasteiger partial charge in [-0.1, -0.05) is 43.5 Å². The molecule has 18 heavy (non-hydrogen) atoms. The number of benzene rings is 1. The van der Waals surface area contributed by atoms with Crippen molar-refractivity contribution in [2.75, 3.05) is 6.54 Å². The average molecular weight is 243 g/mol. The van der Waals surface area contributed by atoms with E-state index in [4.69, 9.17) is 0 Å². The Labute approximate surface area is 111 Å². The van der Waals surface area contributed by atoms with Crippen molar-refractivity contribution in [1.29, 1.82) is 0 Å². The summed E-state index contributed by atoms with van der Waals surface area (Å²) in [5.41, 5.74) is 3.14. The molecule has 1 fully saturated rings. The van der Waals surface area contributed by atoms with Gasteiger partial charge < -0.3 is 5.32 Å². The topological polar surface area (TPSA) is 12.0 Å². The molecule has 1 aromatic carbocycles. The van der Waals surface area contributed by atoms with E-state index in [1.165, 1.54) is 57.9 Å². The number of nitrogens with one attached hydrogen (secondary N) is 1. The molecule has 0 amide bonds. The van der Waals surface area contributed by atoms with Crippen LogP contribution >= 0.6 is 0 Å². The maximum Gasteiger partial charge on any atom is 0.0323 e. The summed E-state index contributed by atoms with van der Waals surface area (Å²) >= 11 is 0. The van der Waals surface area contributed by atoms with Crippen molar-refractivity contribution in [2.45, 2.75) is 57.4 Å². The van der Waals surface area contributed by atoms with Crippen molar-refractivity contribution in [2.24, 2.45) is 5.92 Å². The highest BCUT2D eigenvalue weighted by molar-refractivity contribution is 5.32. The molecular weight excluding hydrogens is 218 g/mol. The van der Waals surface area contributed by atoms with E-state index in [2.05, 4.69) is 29.6 Å². The molecule has 0 radical (unpaired) electrons. The van der Waals surface area contributed by atoms with Crippen LogP contribution in [0.1, 0.15) is 62.1 Å². The zero-order valence-electron chi connectivity index (χ0n) is 11.3. The minimum atomic E-state index is 0.622. The van der Waals surface area contributed by atoms with Crippen LogP contribution in [0, 0.1) is 5.92 Å². The van der Waals surface area contributed by atoms with Crippen molar-refractivity contribution >= 4 is 0 Å². The third-order valence-corrected chi connectivity index (χ3v) is 4.75. The van der Waals surface area contributed by atoms with Gasteiger partial charge in [-0.2, -0.15) is 0 Å². The first-order valence-electron chi connectivity index (χ1n) is 7.74. The SMILES string of the molecule is c1ccc2c(c1)CCC[C@@H]2NCC1CCCCC1. The summed E-state index contributed by atoms with van der Waals surface area (Å²) in [6.45, 7) is 1.24. The van der Waals surface area contributed by atoms with E-state index in [-0.39, 0.29) is 0 Å². The van der Waals surface area contributed by atoms with Crippen molar-refractivity contribution in [1.82, 2.24) is 5.32 Å². The van der Waals surface area contributed by atoms with E-state index in [1.54, 1.807) is 11.1 Å². The Morgan fingerprint density at radius 3 is 2.67 bits per heavy atom. The standard InChI is InChI=1S/C17H25N/c1-2-7-14(8-3-1)13-18-17-12-6-10-15-9-4-5-11-16(15)17/h4-5,9,11,14,17-18H,1-3,6-8,10,12-13H2/t17-/m0/s1. The van der Waals surface area contributed by atoms with E-state index in [0.29, 0.717) is 6.04 Å². The molecule has 1 heteroatoms. The molecule has 1 nitrogen and oxygen atoms in total. The monoisotopic (exact) mass is 243 g/mol. The molecule has 0 saturated heterocycles. The molecule has 0 bridgehead atoms.